The Morgan fingerprint density at radius 1 is 1.07 bits per heavy atom. The maximum atomic E-state index is 12.8. The van der Waals surface area contributed by atoms with Gasteiger partial charge in [0.05, 0.1) is 5.02 Å². The van der Waals surface area contributed by atoms with Crippen LogP contribution in [0.4, 0.5) is 13.2 Å². The van der Waals surface area contributed by atoms with Gasteiger partial charge in [-0.15, -0.1) is 0 Å². The molecule has 1 heterocycles. The fraction of sp³-hybridized carbons (Fsp3) is 0.235. The van der Waals surface area contributed by atoms with Gasteiger partial charge in [0.15, 0.2) is 0 Å². The number of aromatic nitrogens is 1. The van der Waals surface area contributed by atoms with Crippen molar-refractivity contribution in [2.75, 3.05) is 19.8 Å². The Morgan fingerprint density at radius 2 is 1.81 bits per heavy atom. The van der Waals surface area contributed by atoms with E-state index in [-0.39, 0.29) is 29.3 Å². The van der Waals surface area contributed by atoms with Gasteiger partial charge in [-0.2, -0.15) is 13.2 Å². The highest BCUT2D eigenvalue weighted by Gasteiger charge is 2.35. The molecule has 0 amide bonds. The van der Waals surface area contributed by atoms with E-state index in [0.717, 1.165) is 6.07 Å². The molecule has 0 aliphatic heterocycles. The lowest BCUT2D eigenvalue weighted by molar-refractivity contribution is -0.139. The van der Waals surface area contributed by atoms with Crippen molar-refractivity contribution < 1.29 is 27.4 Å². The second kappa shape index (κ2) is 9.92. The first-order valence-electron chi connectivity index (χ1n) is 7.48. The summed E-state index contributed by atoms with van der Waals surface area (Å²) in [6, 6.07) is 6.77. The number of hydrogen-bond donors (Lipinski definition) is 0. The maximum Gasteiger partial charge on any atom is 0.421 e. The Bertz CT molecular complexity index is 796. The average molecular weight is 443 g/mol. The van der Waals surface area contributed by atoms with Crippen molar-refractivity contribution in [3.63, 3.8) is 0 Å². The number of benzene rings is 1. The number of nitrogens with zero attached hydrogens (tertiary/aromatic N) is 1. The summed E-state index contributed by atoms with van der Waals surface area (Å²) in [4.78, 5) is 3.60. The van der Waals surface area contributed by atoms with Gasteiger partial charge in [-0.25, -0.2) is 4.98 Å². The molecule has 146 valence electrons. The molecule has 0 bridgehead atoms. The zero-order valence-electron chi connectivity index (χ0n) is 13.6. The van der Waals surface area contributed by atoms with Crippen molar-refractivity contribution in [3.8, 4) is 17.4 Å². The molecule has 0 aliphatic carbocycles. The number of halogens is 6. The molecule has 0 spiro atoms. The average Bonchev–Trinajstić information content (AvgIpc) is 2.59. The first-order chi connectivity index (χ1) is 12.8. The van der Waals surface area contributed by atoms with E-state index >= 15 is 0 Å². The third-order valence-electron chi connectivity index (χ3n) is 3.05. The predicted molar refractivity (Wildman–Crippen MR) is 97.0 cm³/mol. The number of rotatable bonds is 8. The van der Waals surface area contributed by atoms with Crippen LogP contribution in [0, 0.1) is 0 Å². The summed E-state index contributed by atoms with van der Waals surface area (Å²) in [7, 11) is 0. The summed E-state index contributed by atoms with van der Waals surface area (Å²) in [6.07, 6.45) is -1.87. The molecule has 1 aromatic carbocycles. The smallest absolute Gasteiger partial charge is 0.421 e. The van der Waals surface area contributed by atoms with Crippen molar-refractivity contribution in [2.45, 2.75) is 6.18 Å². The van der Waals surface area contributed by atoms with Gasteiger partial charge in [0.2, 0.25) is 5.88 Å². The number of pyridine rings is 1. The topological polar surface area (TPSA) is 40.6 Å². The standard InChI is InChI=1S/C17H13Cl3F3NO3/c18-13-10-11(25-7-5-15(19)20)3-4-14(13)26-8-9-27-16-12(17(21,22)23)2-1-6-24-16/h1-6,10H,7-9H2. The SMILES string of the molecule is FC(F)(F)c1cccnc1OCCOc1ccc(OCC=C(Cl)Cl)cc1Cl. The van der Waals surface area contributed by atoms with Gasteiger partial charge in [0, 0.05) is 12.3 Å². The van der Waals surface area contributed by atoms with Crippen LogP contribution in [0.1, 0.15) is 5.56 Å². The monoisotopic (exact) mass is 441 g/mol. The molecule has 4 nitrogen and oxygen atoms in total. The van der Waals surface area contributed by atoms with E-state index in [1.807, 2.05) is 0 Å². The molecule has 0 unspecified atom stereocenters. The van der Waals surface area contributed by atoms with Gasteiger partial charge >= 0.3 is 6.18 Å². The molecular weight excluding hydrogens is 430 g/mol. The van der Waals surface area contributed by atoms with Crippen LogP contribution in [-0.4, -0.2) is 24.8 Å². The van der Waals surface area contributed by atoms with E-state index in [1.165, 1.54) is 24.4 Å². The second-order valence-electron chi connectivity index (χ2n) is 4.95. The van der Waals surface area contributed by atoms with Crippen LogP contribution in [0.5, 0.6) is 17.4 Å². The van der Waals surface area contributed by atoms with Crippen LogP contribution >= 0.6 is 34.8 Å². The molecule has 0 radical (unpaired) electrons. The number of alkyl halides is 3. The molecule has 27 heavy (non-hydrogen) atoms. The van der Waals surface area contributed by atoms with E-state index in [2.05, 4.69) is 4.98 Å². The lowest BCUT2D eigenvalue weighted by Crippen LogP contribution is -2.14. The third kappa shape index (κ3) is 7.01. The molecule has 0 N–H and O–H groups in total. The van der Waals surface area contributed by atoms with E-state index in [1.54, 1.807) is 12.1 Å². The lowest BCUT2D eigenvalue weighted by Gasteiger charge is -2.13. The largest absolute Gasteiger partial charge is 0.489 e. The van der Waals surface area contributed by atoms with Crippen molar-refractivity contribution in [3.05, 3.63) is 57.7 Å². The van der Waals surface area contributed by atoms with Crippen LogP contribution in [0.3, 0.4) is 0 Å². The molecule has 0 atom stereocenters. The van der Waals surface area contributed by atoms with Crippen molar-refractivity contribution in [2.24, 2.45) is 0 Å². The molecule has 0 saturated carbocycles. The summed E-state index contributed by atoms with van der Waals surface area (Å²) >= 11 is 17.0. The molecule has 10 heteroatoms. The zero-order valence-corrected chi connectivity index (χ0v) is 15.9. The van der Waals surface area contributed by atoms with E-state index in [9.17, 15) is 13.2 Å². The molecule has 2 aromatic rings. The fourth-order valence-electron chi connectivity index (χ4n) is 1.90. The van der Waals surface area contributed by atoms with Gasteiger partial charge in [0.25, 0.3) is 0 Å². The lowest BCUT2D eigenvalue weighted by atomic mass is 10.2. The Balaban J connectivity index is 1.87. The molecule has 0 aliphatic rings. The van der Waals surface area contributed by atoms with Gasteiger partial charge < -0.3 is 14.2 Å². The van der Waals surface area contributed by atoms with Gasteiger partial charge in [0.1, 0.15) is 41.4 Å². The minimum absolute atomic E-state index is 0.0294. The third-order valence-corrected chi connectivity index (χ3v) is 3.65. The van der Waals surface area contributed by atoms with Crippen molar-refractivity contribution >= 4 is 34.8 Å². The van der Waals surface area contributed by atoms with E-state index in [0.29, 0.717) is 11.5 Å². The normalized spacial score (nSPS) is 11.0. The Labute approximate surface area is 168 Å². The highest BCUT2D eigenvalue weighted by atomic mass is 35.5. The second-order valence-corrected chi connectivity index (χ2v) is 6.36. The summed E-state index contributed by atoms with van der Waals surface area (Å²) in [5.41, 5.74) is -0.948. The summed E-state index contributed by atoms with van der Waals surface area (Å²) in [6.45, 7) is -0.00952. The van der Waals surface area contributed by atoms with Crippen LogP contribution in [0.2, 0.25) is 5.02 Å². The fourth-order valence-corrected chi connectivity index (χ4v) is 2.25. The molecule has 2 rings (SSSR count). The van der Waals surface area contributed by atoms with Crippen LogP contribution in [0.15, 0.2) is 47.1 Å². The zero-order chi connectivity index (χ0) is 19.9. The van der Waals surface area contributed by atoms with Crippen molar-refractivity contribution in [1.29, 1.82) is 0 Å². The van der Waals surface area contributed by atoms with Crippen LogP contribution in [0.25, 0.3) is 0 Å². The van der Waals surface area contributed by atoms with E-state index in [4.69, 9.17) is 49.0 Å². The number of ether oxygens (including phenoxy) is 3. The van der Waals surface area contributed by atoms with Gasteiger partial charge in [-0.1, -0.05) is 34.8 Å². The molecule has 0 saturated heterocycles. The first-order valence-corrected chi connectivity index (χ1v) is 8.62. The quantitative estimate of drug-likeness (QED) is 0.477. The minimum atomic E-state index is -4.55. The number of hydrogen-bond acceptors (Lipinski definition) is 4. The highest BCUT2D eigenvalue weighted by molar-refractivity contribution is 6.55. The summed E-state index contributed by atoms with van der Waals surface area (Å²) in [5.74, 6) is 0.294. The maximum absolute atomic E-state index is 12.8. The Morgan fingerprint density at radius 3 is 2.48 bits per heavy atom. The van der Waals surface area contributed by atoms with E-state index < -0.39 is 17.6 Å². The van der Waals surface area contributed by atoms with Gasteiger partial charge in [-0.05, 0) is 30.3 Å². The summed E-state index contributed by atoms with van der Waals surface area (Å²) < 4.78 is 54.5. The Kier molecular flexibility index (Phi) is 7.89. The molecule has 0 fully saturated rings. The van der Waals surface area contributed by atoms with Gasteiger partial charge in [-0.3, -0.25) is 0 Å². The highest BCUT2D eigenvalue weighted by Crippen LogP contribution is 2.34. The minimum Gasteiger partial charge on any atom is -0.489 e. The predicted octanol–water partition coefficient (Wildman–Crippen LogP) is 5.91. The Hall–Kier alpha value is -1.83. The van der Waals surface area contributed by atoms with Crippen molar-refractivity contribution in [1.82, 2.24) is 4.98 Å². The molecular formula is C17H13Cl3F3NO3. The van der Waals surface area contributed by atoms with Crippen LogP contribution in [-0.2, 0) is 6.18 Å². The first kappa shape index (κ1) is 21.5. The molecule has 1 aromatic heterocycles. The summed E-state index contributed by atoms with van der Waals surface area (Å²) in [5, 5.41) is 0.266. The van der Waals surface area contributed by atoms with Crippen LogP contribution < -0.4 is 14.2 Å².